The molecule has 5 nitrogen and oxygen atoms in total. The number of esters is 1. The van der Waals surface area contributed by atoms with E-state index in [1.165, 1.54) is 18.9 Å². The van der Waals surface area contributed by atoms with Crippen LogP contribution in [0, 0.1) is 0 Å². The minimum Gasteiger partial charge on any atom is -0.468 e. The van der Waals surface area contributed by atoms with E-state index in [0.717, 1.165) is 23.7 Å². The summed E-state index contributed by atoms with van der Waals surface area (Å²) in [4.78, 5) is 19.5. The SMILES string of the molecule is COC(=O)CSc1cc(N)nc(C2CC2)n1. The van der Waals surface area contributed by atoms with Crippen LogP contribution in [0.3, 0.4) is 0 Å². The van der Waals surface area contributed by atoms with Crippen molar-refractivity contribution in [3.63, 3.8) is 0 Å². The molecule has 0 bridgehead atoms. The molecule has 6 heteroatoms. The van der Waals surface area contributed by atoms with Crippen molar-refractivity contribution in [3.05, 3.63) is 11.9 Å². The number of nitrogens with two attached hydrogens (primary N) is 1. The molecule has 1 aliphatic rings. The van der Waals surface area contributed by atoms with Crippen molar-refractivity contribution in [1.82, 2.24) is 9.97 Å². The van der Waals surface area contributed by atoms with Gasteiger partial charge in [0.2, 0.25) is 0 Å². The second-order valence-corrected chi connectivity index (χ2v) is 4.62. The lowest BCUT2D eigenvalue weighted by atomic mass is 10.4. The first-order chi connectivity index (χ1) is 7.69. The zero-order chi connectivity index (χ0) is 11.5. The molecule has 2 N–H and O–H groups in total. The number of anilines is 1. The van der Waals surface area contributed by atoms with Crippen LogP contribution >= 0.6 is 11.8 Å². The van der Waals surface area contributed by atoms with E-state index in [-0.39, 0.29) is 11.7 Å². The number of hydrogen-bond acceptors (Lipinski definition) is 6. The van der Waals surface area contributed by atoms with E-state index in [1.807, 2.05) is 0 Å². The molecule has 2 rings (SSSR count). The number of ether oxygens (including phenoxy) is 1. The lowest BCUT2D eigenvalue weighted by Crippen LogP contribution is -2.05. The molecule has 0 aliphatic heterocycles. The zero-order valence-corrected chi connectivity index (χ0v) is 9.79. The van der Waals surface area contributed by atoms with Crippen molar-refractivity contribution >= 4 is 23.5 Å². The van der Waals surface area contributed by atoms with E-state index in [9.17, 15) is 4.79 Å². The molecule has 86 valence electrons. The number of aromatic nitrogens is 2. The van der Waals surface area contributed by atoms with Gasteiger partial charge in [0.15, 0.2) is 0 Å². The maximum atomic E-state index is 11.0. The van der Waals surface area contributed by atoms with Gasteiger partial charge < -0.3 is 10.5 Å². The van der Waals surface area contributed by atoms with Crippen LogP contribution in [-0.4, -0.2) is 28.8 Å². The van der Waals surface area contributed by atoms with Gasteiger partial charge in [0.25, 0.3) is 0 Å². The van der Waals surface area contributed by atoms with E-state index < -0.39 is 0 Å². The third-order valence-corrected chi connectivity index (χ3v) is 3.13. The van der Waals surface area contributed by atoms with Crippen molar-refractivity contribution in [2.24, 2.45) is 0 Å². The van der Waals surface area contributed by atoms with Gasteiger partial charge in [0.05, 0.1) is 12.9 Å². The van der Waals surface area contributed by atoms with Crippen molar-refractivity contribution in [1.29, 1.82) is 0 Å². The third-order valence-electron chi connectivity index (χ3n) is 2.25. The van der Waals surface area contributed by atoms with Gasteiger partial charge in [0, 0.05) is 12.0 Å². The molecule has 1 aliphatic carbocycles. The monoisotopic (exact) mass is 239 g/mol. The van der Waals surface area contributed by atoms with Gasteiger partial charge >= 0.3 is 5.97 Å². The molecule has 1 aromatic rings. The van der Waals surface area contributed by atoms with Crippen molar-refractivity contribution in [2.45, 2.75) is 23.8 Å². The van der Waals surface area contributed by atoms with E-state index in [0.29, 0.717) is 11.7 Å². The number of carbonyl (C=O) groups excluding carboxylic acids is 1. The van der Waals surface area contributed by atoms with E-state index in [2.05, 4.69) is 14.7 Å². The molecule has 1 aromatic heterocycles. The minimum absolute atomic E-state index is 0.247. The van der Waals surface area contributed by atoms with Crippen LogP contribution in [0.4, 0.5) is 5.82 Å². The lowest BCUT2D eigenvalue weighted by molar-refractivity contribution is -0.137. The Morgan fingerprint density at radius 3 is 3.00 bits per heavy atom. The molecule has 0 unspecified atom stereocenters. The first-order valence-corrected chi connectivity index (χ1v) is 6.01. The lowest BCUT2D eigenvalue weighted by Gasteiger charge is -2.03. The average molecular weight is 239 g/mol. The maximum absolute atomic E-state index is 11.0. The first-order valence-electron chi connectivity index (χ1n) is 5.03. The summed E-state index contributed by atoms with van der Waals surface area (Å²) in [5.41, 5.74) is 5.68. The maximum Gasteiger partial charge on any atom is 0.316 e. The molecule has 0 saturated heterocycles. The van der Waals surface area contributed by atoms with Gasteiger partial charge in [-0.15, -0.1) is 0 Å². The number of nitrogens with zero attached hydrogens (tertiary/aromatic N) is 2. The van der Waals surface area contributed by atoms with Crippen molar-refractivity contribution < 1.29 is 9.53 Å². The Balaban J connectivity index is 2.05. The number of methoxy groups -OCH3 is 1. The van der Waals surface area contributed by atoms with Crippen LogP contribution in [-0.2, 0) is 9.53 Å². The van der Waals surface area contributed by atoms with Gasteiger partial charge in [-0.1, -0.05) is 11.8 Å². The fourth-order valence-electron chi connectivity index (χ4n) is 1.25. The Morgan fingerprint density at radius 2 is 2.38 bits per heavy atom. The average Bonchev–Trinajstić information content (AvgIpc) is 3.09. The largest absolute Gasteiger partial charge is 0.468 e. The summed E-state index contributed by atoms with van der Waals surface area (Å²) in [6, 6.07) is 1.68. The fraction of sp³-hybridized carbons (Fsp3) is 0.500. The molecule has 1 heterocycles. The topological polar surface area (TPSA) is 78.1 Å². The predicted octanol–water partition coefficient (Wildman–Crippen LogP) is 1.20. The summed E-state index contributed by atoms with van der Waals surface area (Å²) in [5, 5.41) is 0.736. The van der Waals surface area contributed by atoms with Crippen molar-refractivity contribution in [3.8, 4) is 0 Å². The standard InChI is InChI=1S/C10H13N3O2S/c1-15-9(14)5-16-8-4-7(11)12-10(13-8)6-2-3-6/h4,6H,2-3,5H2,1H3,(H2,11,12,13). The smallest absolute Gasteiger partial charge is 0.316 e. The molecule has 0 atom stereocenters. The van der Waals surface area contributed by atoms with E-state index in [1.54, 1.807) is 6.07 Å². The quantitative estimate of drug-likeness (QED) is 0.483. The number of thioether (sulfide) groups is 1. The van der Waals surface area contributed by atoms with Gasteiger partial charge in [-0.3, -0.25) is 4.79 Å². The van der Waals surface area contributed by atoms with Gasteiger partial charge in [-0.25, -0.2) is 9.97 Å². The molecule has 1 fully saturated rings. The van der Waals surface area contributed by atoms with Crippen LogP contribution < -0.4 is 5.73 Å². The Labute approximate surface area is 97.8 Å². The van der Waals surface area contributed by atoms with Crippen molar-refractivity contribution in [2.75, 3.05) is 18.6 Å². The van der Waals surface area contributed by atoms with E-state index >= 15 is 0 Å². The number of rotatable bonds is 4. The minimum atomic E-state index is -0.268. The predicted molar refractivity (Wildman–Crippen MR) is 61.2 cm³/mol. The summed E-state index contributed by atoms with van der Waals surface area (Å²) < 4.78 is 4.56. The second-order valence-electron chi connectivity index (χ2n) is 3.63. The van der Waals surface area contributed by atoms with Crippen LogP contribution in [0.1, 0.15) is 24.6 Å². The summed E-state index contributed by atoms with van der Waals surface area (Å²) in [6.45, 7) is 0. The number of hydrogen-bond donors (Lipinski definition) is 1. The Hall–Kier alpha value is -1.30. The molecule has 0 amide bonds. The number of carbonyl (C=O) groups is 1. The summed E-state index contributed by atoms with van der Waals surface area (Å²) in [7, 11) is 1.37. The Morgan fingerprint density at radius 1 is 1.62 bits per heavy atom. The normalized spacial score (nSPS) is 14.8. The summed E-state index contributed by atoms with van der Waals surface area (Å²) >= 11 is 1.32. The van der Waals surface area contributed by atoms with Crippen LogP contribution in [0.15, 0.2) is 11.1 Å². The third kappa shape index (κ3) is 2.85. The highest BCUT2D eigenvalue weighted by molar-refractivity contribution is 7.99. The van der Waals surface area contributed by atoms with Gasteiger partial charge in [-0.05, 0) is 12.8 Å². The molecule has 0 aromatic carbocycles. The molecule has 0 spiro atoms. The van der Waals surface area contributed by atoms with Gasteiger partial charge in [0.1, 0.15) is 16.7 Å². The highest BCUT2D eigenvalue weighted by atomic mass is 32.2. The van der Waals surface area contributed by atoms with Crippen LogP contribution in [0.5, 0.6) is 0 Å². The van der Waals surface area contributed by atoms with Crippen LogP contribution in [0.2, 0.25) is 0 Å². The summed E-state index contributed by atoms with van der Waals surface area (Å²) in [6.07, 6.45) is 2.26. The highest BCUT2D eigenvalue weighted by Gasteiger charge is 2.27. The molecule has 16 heavy (non-hydrogen) atoms. The molecule has 1 saturated carbocycles. The second kappa shape index (κ2) is 4.69. The highest BCUT2D eigenvalue weighted by Crippen LogP contribution is 2.38. The number of nitrogen functional groups attached to an aromatic ring is 1. The fourth-order valence-corrected chi connectivity index (χ4v) is 2.00. The molecule has 0 radical (unpaired) electrons. The first kappa shape index (κ1) is 11.2. The Kier molecular flexibility index (Phi) is 3.28. The molecular weight excluding hydrogens is 226 g/mol. The molecular formula is C10H13N3O2S. The summed E-state index contributed by atoms with van der Waals surface area (Å²) in [5.74, 6) is 1.70. The zero-order valence-electron chi connectivity index (χ0n) is 8.97. The Bertz CT molecular complexity index is 407. The van der Waals surface area contributed by atoms with Gasteiger partial charge in [-0.2, -0.15) is 0 Å². The van der Waals surface area contributed by atoms with Crippen LogP contribution in [0.25, 0.3) is 0 Å². The van der Waals surface area contributed by atoms with E-state index in [4.69, 9.17) is 5.73 Å².